The monoisotopic (exact) mass is 388 g/mol. The summed E-state index contributed by atoms with van der Waals surface area (Å²) < 4.78 is 1.05. The normalized spacial score (nSPS) is 13.3. The van der Waals surface area contributed by atoms with E-state index in [9.17, 15) is 4.79 Å². The molecule has 2 unspecified atom stereocenters. The molecule has 0 aliphatic carbocycles. The zero-order valence-corrected chi connectivity index (χ0v) is 16.1. The fourth-order valence-electron chi connectivity index (χ4n) is 2.77. The van der Waals surface area contributed by atoms with Crippen LogP contribution in [-0.4, -0.2) is 23.9 Å². The third-order valence-corrected chi connectivity index (χ3v) is 4.77. The minimum absolute atomic E-state index is 0.0721. The molecule has 1 amide bonds. The Bertz CT molecular complexity index is 638. The van der Waals surface area contributed by atoms with Crippen molar-refractivity contribution in [3.8, 4) is 0 Å². The molecule has 0 aliphatic heterocycles. The summed E-state index contributed by atoms with van der Waals surface area (Å²) in [5, 5.41) is 3.51. The van der Waals surface area contributed by atoms with Crippen molar-refractivity contribution in [1.82, 2.24) is 10.2 Å². The number of hydrogen-bond acceptors (Lipinski definition) is 2. The summed E-state index contributed by atoms with van der Waals surface area (Å²) >= 11 is 3.46. The number of hydrogen-bond donors (Lipinski definition) is 1. The highest BCUT2D eigenvalue weighted by Gasteiger charge is 2.26. The molecule has 0 spiro atoms. The molecule has 4 heteroatoms. The topological polar surface area (TPSA) is 32.3 Å². The van der Waals surface area contributed by atoms with Crippen LogP contribution in [0.25, 0.3) is 0 Å². The van der Waals surface area contributed by atoms with Gasteiger partial charge in [-0.05, 0) is 44.0 Å². The van der Waals surface area contributed by atoms with Gasteiger partial charge in [-0.1, -0.05) is 58.4 Å². The van der Waals surface area contributed by atoms with E-state index in [1.807, 2.05) is 61.2 Å². The summed E-state index contributed by atoms with van der Waals surface area (Å²) in [5.41, 5.74) is 2.16. The lowest BCUT2D eigenvalue weighted by atomic mass is 10.0. The molecule has 0 saturated heterocycles. The van der Waals surface area contributed by atoms with Crippen LogP contribution < -0.4 is 5.32 Å². The minimum Gasteiger partial charge on any atom is -0.342 e. The first-order valence-corrected chi connectivity index (χ1v) is 9.21. The van der Waals surface area contributed by atoms with Crippen LogP contribution in [0.3, 0.4) is 0 Å². The first-order valence-electron chi connectivity index (χ1n) is 8.42. The number of nitrogens with zero attached hydrogens (tertiary/aromatic N) is 1. The number of nitrogens with one attached hydrogen (secondary N) is 1. The first-order chi connectivity index (χ1) is 11.6. The summed E-state index contributed by atoms with van der Waals surface area (Å²) in [5.74, 6) is 0.121. The second-order valence-corrected chi connectivity index (χ2v) is 6.71. The van der Waals surface area contributed by atoms with Gasteiger partial charge in [-0.25, -0.2) is 0 Å². The molecule has 3 nitrogen and oxygen atoms in total. The molecule has 0 aromatic heterocycles. The van der Waals surface area contributed by atoms with Crippen molar-refractivity contribution in [3.63, 3.8) is 0 Å². The molecule has 2 rings (SSSR count). The molecule has 0 radical (unpaired) electrons. The highest BCUT2D eigenvalue weighted by atomic mass is 79.9. The number of carbonyl (C=O) groups excluding carboxylic acids is 1. The number of carbonyl (C=O) groups is 1. The molecule has 1 N–H and O–H groups in total. The third-order valence-electron chi connectivity index (χ3n) is 4.24. The van der Waals surface area contributed by atoms with Gasteiger partial charge in [0, 0.05) is 23.6 Å². The standard InChI is InChI=1S/C20H25BrN2O/c1-4-23(5-2)20(24)19(17-9-7-6-8-10-17)22-15(3)16-11-13-18(21)14-12-16/h6-15,19,22H,4-5H2,1-3H3. The Morgan fingerprint density at radius 2 is 1.58 bits per heavy atom. The van der Waals surface area contributed by atoms with E-state index in [0.717, 1.165) is 15.6 Å². The minimum atomic E-state index is -0.343. The van der Waals surface area contributed by atoms with Gasteiger partial charge >= 0.3 is 0 Å². The number of rotatable bonds is 7. The highest BCUT2D eigenvalue weighted by Crippen LogP contribution is 2.23. The summed E-state index contributed by atoms with van der Waals surface area (Å²) in [7, 11) is 0. The average Bonchev–Trinajstić information content (AvgIpc) is 2.61. The van der Waals surface area contributed by atoms with Gasteiger partial charge in [0.25, 0.3) is 0 Å². The van der Waals surface area contributed by atoms with Crippen LogP contribution in [0.15, 0.2) is 59.1 Å². The predicted molar refractivity (Wildman–Crippen MR) is 103 cm³/mol. The van der Waals surface area contributed by atoms with E-state index in [1.54, 1.807) is 0 Å². The molecule has 24 heavy (non-hydrogen) atoms. The Kier molecular flexibility index (Phi) is 7.00. The van der Waals surface area contributed by atoms with Crippen molar-refractivity contribution in [2.45, 2.75) is 32.9 Å². The second-order valence-electron chi connectivity index (χ2n) is 5.79. The fourth-order valence-corrected chi connectivity index (χ4v) is 3.04. The maximum absolute atomic E-state index is 13.0. The van der Waals surface area contributed by atoms with E-state index in [0.29, 0.717) is 13.1 Å². The average molecular weight is 389 g/mol. The van der Waals surface area contributed by atoms with E-state index in [1.165, 1.54) is 0 Å². The van der Waals surface area contributed by atoms with Crippen LogP contribution >= 0.6 is 15.9 Å². The maximum Gasteiger partial charge on any atom is 0.244 e. The molecule has 0 heterocycles. The van der Waals surface area contributed by atoms with Gasteiger partial charge in [-0.3, -0.25) is 10.1 Å². The summed E-state index contributed by atoms with van der Waals surface area (Å²) in [6.07, 6.45) is 0. The Balaban J connectivity index is 2.25. The van der Waals surface area contributed by atoms with Crippen molar-refractivity contribution in [1.29, 1.82) is 0 Å². The molecule has 0 bridgehead atoms. The number of halogens is 1. The SMILES string of the molecule is CCN(CC)C(=O)C(NC(C)c1ccc(Br)cc1)c1ccccc1. The Hall–Kier alpha value is -1.65. The van der Waals surface area contributed by atoms with Crippen LogP contribution in [0.1, 0.15) is 44.0 Å². The molecule has 0 saturated carbocycles. The van der Waals surface area contributed by atoms with E-state index in [2.05, 4.69) is 40.3 Å². The van der Waals surface area contributed by atoms with Crippen molar-refractivity contribution in [2.24, 2.45) is 0 Å². The molecule has 0 fully saturated rings. The van der Waals surface area contributed by atoms with Crippen molar-refractivity contribution in [2.75, 3.05) is 13.1 Å². The van der Waals surface area contributed by atoms with Crippen LogP contribution in [-0.2, 0) is 4.79 Å². The lowest BCUT2D eigenvalue weighted by Gasteiger charge is -2.28. The molecule has 128 valence electrons. The third kappa shape index (κ3) is 4.68. The van der Waals surface area contributed by atoms with Gasteiger partial charge in [0.1, 0.15) is 6.04 Å². The quantitative estimate of drug-likeness (QED) is 0.744. The largest absolute Gasteiger partial charge is 0.342 e. The van der Waals surface area contributed by atoms with Gasteiger partial charge in [0.05, 0.1) is 0 Å². The van der Waals surface area contributed by atoms with Gasteiger partial charge in [0.15, 0.2) is 0 Å². The number of benzene rings is 2. The Labute approximate surface area is 153 Å². The van der Waals surface area contributed by atoms with Crippen LogP contribution in [0.4, 0.5) is 0 Å². The first kappa shape index (κ1) is 18.7. The van der Waals surface area contributed by atoms with Gasteiger partial charge in [-0.2, -0.15) is 0 Å². The zero-order chi connectivity index (χ0) is 17.5. The summed E-state index contributed by atoms with van der Waals surface area (Å²) in [6.45, 7) is 7.55. The second kappa shape index (κ2) is 9.00. The Morgan fingerprint density at radius 3 is 2.12 bits per heavy atom. The van der Waals surface area contributed by atoms with E-state index in [-0.39, 0.29) is 18.0 Å². The van der Waals surface area contributed by atoms with Crippen LogP contribution in [0.5, 0.6) is 0 Å². The van der Waals surface area contributed by atoms with E-state index in [4.69, 9.17) is 0 Å². The molecular formula is C20H25BrN2O. The predicted octanol–water partition coefficient (Wildman–Crippen LogP) is 4.71. The van der Waals surface area contributed by atoms with Crippen LogP contribution in [0, 0.1) is 0 Å². The van der Waals surface area contributed by atoms with Gasteiger partial charge in [0.2, 0.25) is 5.91 Å². The molecule has 2 aromatic rings. The van der Waals surface area contributed by atoms with Crippen molar-refractivity contribution >= 4 is 21.8 Å². The molecule has 2 atom stereocenters. The van der Waals surface area contributed by atoms with Gasteiger partial charge < -0.3 is 4.90 Å². The van der Waals surface area contributed by atoms with Crippen molar-refractivity contribution < 1.29 is 4.79 Å². The lowest BCUT2D eigenvalue weighted by molar-refractivity contribution is -0.133. The lowest BCUT2D eigenvalue weighted by Crippen LogP contribution is -2.41. The zero-order valence-electron chi connectivity index (χ0n) is 14.5. The van der Waals surface area contributed by atoms with Gasteiger partial charge in [-0.15, -0.1) is 0 Å². The fraction of sp³-hybridized carbons (Fsp3) is 0.350. The maximum atomic E-state index is 13.0. The highest BCUT2D eigenvalue weighted by molar-refractivity contribution is 9.10. The van der Waals surface area contributed by atoms with E-state index < -0.39 is 0 Å². The number of amides is 1. The smallest absolute Gasteiger partial charge is 0.244 e. The summed E-state index contributed by atoms with van der Waals surface area (Å²) in [4.78, 5) is 14.9. The van der Waals surface area contributed by atoms with Crippen molar-refractivity contribution in [3.05, 3.63) is 70.2 Å². The van der Waals surface area contributed by atoms with Crippen LogP contribution in [0.2, 0.25) is 0 Å². The molecule has 2 aromatic carbocycles. The summed E-state index contributed by atoms with van der Waals surface area (Å²) in [6, 6.07) is 17.9. The van der Waals surface area contributed by atoms with E-state index >= 15 is 0 Å². The molecule has 0 aliphatic rings. The molecular weight excluding hydrogens is 364 g/mol. The number of likely N-dealkylation sites (N-methyl/N-ethyl adjacent to an activating group) is 1. The Morgan fingerprint density at radius 1 is 1.00 bits per heavy atom.